The summed E-state index contributed by atoms with van der Waals surface area (Å²) < 4.78 is 5.34. The van der Waals surface area contributed by atoms with Gasteiger partial charge in [-0.25, -0.2) is 0 Å². The maximum atomic E-state index is 5.34. The summed E-state index contributed by atoms with van der Waals surface area (Å²) in [4.78, 5) is 18.3. The van der Waals surface area contributed by atoms with Gasteiger partial charge in [0.1, 0.15) is 0 Å². The van der Waals surface area contributed by atoms with Crippen LogP contribution in [0.1, 0.15) is 33.8 Å². The summed E-state index contributed by atoms with van der Waals surface area (Å²) in [5.41, 5.74) is 6.76. The maximum Gasteiger partial charge on any atom is 0.0637 e. The van der Waals surface area contributed by atoms with E-state index in [1.165, 1.54) is 16.7 Å². The molecule has 0 radical (unpaired) electrons. The predicted octanol–water partition coefficient (Wildman–Crippen LogP) is 4.42. The number of nitrogens with zero attached hydrogens (tertiary/aromatic N) is 5. The molecule has 3 rings (SSSR count). The first kappa shape index (κ1) is 23.4. The largest absolute Gasteiger partial charge is 0.383 e. The lowest BCUT2D eigenvalue weighted by Crippen LogP contribution is -2.25. The third-order valence-electron chi connectivity index (χ3n) is 5.48. The van der Waals surface area contributed by atoms with Gasteiger partial charge in [0.15, 0.2) is 0 Å². The van der Waals surface area contributed by atoms with Gasteiger partial charge in [0.25, 0.3) is 0 Å². The number of aryl methyl sites for hydroxylation is 3. The molecule has 0 N–H and O–H groups in total. The van der Waals surface area contributed by atoms with Crippen molar-refractivity contribution in [1.29, 1.82) is 0 Å². The molecule has 0 amide bonds. The molecule has 0 unspecified atom stereocenters. The van der Waals surface area contributed by atoms with Gasteiger partial charge in [0, 0.05) is 44.6 Å². The lowest BCUT2D eigenvalue weighted by molar-refractivity contribution is 0.165. The van der Waals surface area contributed by atoms with Crippen molar-refractivity contribution in [3.63, 3.8) is 0 Å². The summed E-state index contributed by atoms with van der Waals surface area (Å²) in [7, 11) is 1.73. The second-order valence-corrected chi connectivity index (χ2v) is 7.97. The number of pyridine rings is 3. The smallest absolute Gasteiger partial charge is 0.0637 e. The molecule has 0 atom stereocenters. The first-order chi connectivity index (χ1) is 15.6. The molecule has 0 bridgehead atoms. The monoisotopic (exact) mass is 431 g/mol. The molecule has 32 heavy (non-hydrogen) atoms. The number of methoxy groups -OCH3 is 1. The molecule has 3 aromatic rings. The van der Waals surface area contributed by atoms with E-state index in [0.29, 0.717) is 19.7 Å². The molecule has 6 heteroatoms. The van der Waals surface area contributed by atoms with E-state index in [-0.39, 0.29) is 0 Å². The highest BCUT2D eigenvalue weighted by Gasteiger charge is 2.10. The molecular weight excluding hydrogens is 398 g/mol. The lowest BCUT2D eigenvalue weighted by atomic mass is 10.2. The molecule has 0 spiro atoms. The normalized spacial score (nSPS) is 11.1. The molecule has 0 saturated heterocycles. The predicted molar refractivity (Wildman–Crippen MR) is 128 cm³/mol. The van der Waals surface area contributed by atoms with Gasteiger partial charge >= 0.3 is 0 Å². The Balaban J connectivity index is 1.83. The molecule has 0 aliphatic carbocycles. The highest BCUT2D eigenvalue weighted by atomic mass is 16.5. The second kappa shape index (κ2) is 12.0. The van der Waals surface area contributed by atoms with Gasteiger partial charge in [-0.3, -0.25) is 15.0 Å². The van der Waals surface area contributed by atoms with Crippen LogP contribution in [-0.4, -0.2) is 45.0 Å². The lowest BCUT2D eigenvalue weighted by Gasteiger charge is -2.25. The maximum absolute atomic E-state index is 5.34. The summed E-state index contributed by atoms with van der Waals surface area (Å²) in [6.07, 6.45) is 9.82. The van der Waals surface area contributed by atoms with Crippen LogP contribution in [0, 0.1) is 20.8 Å². The minimum Gasteiger partial charge on any atom is -0.383 e. The zero-order valence-electron chi connectivity index (χ0n) is 19.5. The number of aromatic nitrogens is 3. The fraction of sp³-hybridized carbons (Fsp3) is 0.346. The summed E-state index contributed by atoms with van der Waals surface area (Å²) in [5.74, 6) is 0. The van der Waals surface area contributed by atoms with Crippen molar-refractivity contribution in [2.24, 2.45) is 0 Å². The third-order valence-corrected chi connectivity index (χ3v) is 5.48. The van der Waals surface area contributed by atoms with Gasteiger partial charge in [0.2, 0.25) is 0 Å². The van der Waals surface area contributed by atoms with Crippen molar-refractivity contribution in [3.8, 4) is 0 Å². The first-order valence-electron chi connectivity index (χ1n) is 10.9. The molecule has 6 nitrogen and oxygen atoms in total. The van der Waals surface area contributed by atoms with Gasteiger partial charge in [0.05, 0.1) is 43.3 Å². The SMILES string of the molecule is COCCN(/C=C/N(Cc1ncccc1C)Cc1ncccc1C)Cc1ncccc1C. The Bertz CT molecular complexity index is 973. The molecular formula is C26H33N5O. The van der Waals surface area contributed by atoms with E-state index in [9.17, 15) is 0 Å². The average molecular weight is 432 g/mol. The Labute approximate surface area is 191 Å². The van der Waals surface area contributed by atoms with Crippen molar-refractivity contribution < 1.29 is 4.74 Å². The highest BCUT2D eigenvalue weighted by Crippen LogP contribution is 2.14. The Kier molecular flexibility index (Phi) is 8.75. The average Bonchev–Trinajstić information content (AvgIpc) is 2.79. The second-order valence-electron chi connectivity index (χ2n) is 7.97. The number of hydrogen-bond acceptors (Lipinski definition) is 6. The fourth-order valence-electron chi connectivity index (χ4n) is 3.39. The summed E-state index contributed by atoms with van der Waals surface area (Å²) in [6, 6.07) is 12.2. The van der Waals surface area contributed by atoms with E-state index in [1.807, 2.05) is 36.8 Å². The first-order valence-corrected chi connectivity index (χ1v) is 10.9. The fourth-order valence-corrected chi connectivity index (χ4v) is 3.39. The molecule has 3 aromatic heterocycles. The van der Waals surface area contributed by atoms with Crippen LogP contribution in [0.5, 0.6) is 0 Å². The van der Waals surface area contributed by atoms with Crippen molar-refractivity contribution in [1.82, 2.24) is 24.8 Å². The van der Waals surface area contributed by atoms with Gasteiger partial charge in [-0.2, -0.15) is 0 Å². The zero-order chi connectivity index (χ0) is 22.8. The Morgan fingerprint density at radius 2 is 1.09 bits per heavy atom. The standard InChI is InChI=1S/C26H33N5O/c1-21-8-5-11-27-24(21)18-30(16-17-32-4)14-15-31(19-25-22(2)9-6-12-28-25)20-26-23(3)10-7-13-29-26/h5-15H,16-20H2,1-4H3/b15-14+. The zero-order valence-corrected chi connectivity index (χ0v) is 19.5. The minimum absolute atomic E-state index is 0.648. The van der Waals surface area contributed by atoms with E-state index in [1.54, 1.807) is 7.11 Å². The van der Waals surface area contributed by atoms with Gasteiger partial charge in [-0.05, 0) is 55.7 Å². The van der Waals surface area contributed by atoms with Crippen LogP contribution >= 0.6 is 0 Å². The van der Waals surface area contributed by atoms with Crippen LogP contribution in [0.3, 0.4) is 0 Å². The van der Waals surface area contributed by atoms with Crippen LogP contribution in [-0.2, 0) is 24.4 Å². The molecule has 0 aliphatic rings. The Morgan fingerprint density at radius 1 is 0.688 bits per heavy atom. The van der Waals surface area contributed by atoms with E-state index in [4.69, 9.17) is 4.74 Å². The minimum atomic E-state index is 0.648. The Morgan fingerprint density at radius 3 is 1.50 bits per heavy atom. The van der Waals surface area contributed by atoms with Gasteiger partial charge < -0.3 is 14.5 Å². The van der Waals surface area contributed by atoms with E-state index >= 15 is 0 Å². The van der Waals surface area contributed by atoms with Crippen LogP contribution in [0.2, 0.25) is 0 Å². The molecule has 3 heterocycles. The van der Waals surface area contributed by atoms with Crippen molar-refractivity contribution in [3.05, 3.63) is 101 Å². The molecule has 0 aromatic carbocycles. The molecule has 0 fully saturated rings. The van der Waals surface area contributed by atoms with Crippen LogP contribution in [0.25, 0.3) is 0 Å². The van der Waals surface area contributed by atoms with Crippen LogP contribution in [0.15, 0.2) is 67.4 Å². The Hall–Kier alpha value is -3.25. The molecule has 0 aliphatic heterocycles. The quantitative estimate of drug-likeness (QED) is 0.448. The van der Waals surface area contributed by atoms with Crippen molar-refractivity contribution in [2.45, 2.75) is 40.4 Å². The van der Waals surface area contributed by atoms with Crippen LogP contribution in [0.4, 0.5) is 0 Å². The number of hydrogen-bond donors (Lipinski definition) is 0. The molecule has 168 valence electrons. The van der Waals surface area contributed by atoms with Crippen molar-refractivity contribution in [2.75, 3.05) is 20.3 Å². The van der Waals surface area contributed by atoms with E-state index < -0.39 is 0 Å². The summed E-state index contributed by atoms with van der Waals surface area (Å²) in [5, 5.41) is 0. The topological polar surface area (TPSA) is 54.4 Å². The number of ether oxygens (including phenoxy) is 1. The highest BCUT2D eigenvalue weighted by molar-refractivity contribution is 5.21. The summed E-state index contributed by atoms with van der Waals surface area (Å²) in [6.45, 7) is 9.87. The number of rotatable bonds is 11. The van der Waals surface area contributed by atoms with Gasteiger partial charge in [-0.15, -0.1) is 0 Å². The van der Waals surface area contributed by atoms with Crippen LogP contribution < -0.4 is 0 Å². The van der Waals surface area contributed by atoms with Gasteiger partial charge in [-0.1, -0.05) is 18.2 Å². The van der Waals surface area contributed by atoms with Crippen molar-refractivity contribution >= 4 is 0 Å². The van der Waals surface area contributed by atoms with E-state index in [0.717, 1.165) is 30.2 Å². The summed E-state index contributed by atoms with van der Waals surface area (Å²) >= 11 is 0. The van der Waals surface area contributed by atoms with E-state index in [2.05, 4.69) is 76.1 Å². The third kappa shape index (κ3) is 6.89. The molecule has 0 saturated carbocycles.